The van der Waals surface area contributed by atoms with Crippen molar-refractivity contribution in [2.45, 2.75) is 6.92 Å². The highest BCUT2D eigenvalue weighted by Crippen LogP contribution is 2.24. The van der Waals surface area contributed by atoms with Crippen LogP contribution in [0.5, 0.6) is 0 Å². The first-order valence-electron chi connectivity index (χ1n) is 7.88. The number of nitrogens with one attached hydrogen (secondary N) is 1. The Morgan fingerprint density at radius 2 is 1.88 bits per heavy atom. The Bertz CT molecular complexity index is 744. The van der Waals surface area contributed by atoms with Crippen LogP contribution in [0.15, 0.2) is 34.8 Å². The summed E-state index contributed by atoms with van der Waals surface area (Å²) in [6.07, 6.45) is 0. The molecule has 24 heavy (non-hydrogen) atoms. The van der Waals surface area contributed by atoms with Crippen molar-refractivity contribution in [2.24, 2.45) is 0 Å². The van der Waals surface area contributed by atoms with Crippen molar-refractivity contribution in [1.82, 2.24) is 19.8 Å². The van der Waals surface area contributed by atoms with Gasteiger partial charge in [0.2, 0.25) is 5.95 Å². The summed E-state index contributed by atoms with van der Waals surface area (Å²) < 4.78 is 0.919. The summed E-state index contributed by atoms with van der Waals surface area (Å²) in [4.78, 5) is 25.6. The number of carbonyl (C=O) groups is 1. The zero-order chi connectivity index (χ0) is 17.1. The van der Waals surface area contributed by atoms with Crippen LogP contribution in [0, 0.1) is 6.92 Å². The Morgan fingerprint density at radius 3 is 2.58 bits per heavy atom. The second-order valence-electron chi connectivity index (χ2n) is 5.92. The largest absolute Gasteiger partial charge is 0.335 e. The molecular formula is C17H20BrN5O. The molecule has 1 aromatic carbocycles. The number of carbonyl (C=O) groups excluding carboxylic acids is 1. The number of hydrogen-bond acceptors (Lipinski definition) is 5. The van der Waals surface area contributed by atoms with Gasteiger partial charge in [0.25, 0.3) is 5.91 Å². The fourth-order valence-electron chi connectivity index (χ4n) is 2.59. The molecule has 0 atom stereocenters. The van der Waals surface area contributed by atoms with Crippen molar-refractivity contribution in [3.05, 3.63) is 46.2 Å². The molecule has 1 aromatic heterocycles. The van der Waals surface area contributed by atoms with Gasteiger partial charge in [0.1, 0.15) is 5.69 Å². The Labute approximate surface area is 150 Å². The van der Waals surface area contributed by atoms with Crippen molar-refractivity contribution in [2.75, 3.05) is 38.5 Å². The molecule has 1 fully saturated rings. The molecule has 3 rings (SSSR count). The number of likely N-dealkylation sites (N-methyl/N-ethyl adjacent to an activating group) is 1. The Morgan fingerprint density at radius 1 is 1.17 bits per heavy atom. The van der Waals surface area contributed by atoms with E-state index in [-0.39, 0.29) is 5.91 Å². The van der Waals surface area contributed by atoms with Crippen molar-refractivity contribution in [3.8, 4) is 0 Å². The highest BCUT2D eigenvalue weighted by Gasteiger charge is 2.22. The molecule has 6 nitrogen and oxygen atoms in total. The Hall–Kier alpha value is -1.99. The summed E-state index contributed by atoms with van der Waals surface area (Å²) in [6, 6.07) is 9.48. The van der Waals surface area contributed by atoms with Gasteiger partial charge < -0.3 is 15.1 Å². The number of anilines is 2. The van der Waals surface area contributed by atoms with Crippen molar-refractivity contribution in [1.29, 1.82) is 0 Å². The Kier molecular flexibility index (Phi) is 5.11. The lowest BCUT2D eigenvalue weighted by Crippen LogP contribution is -2.47. The average Bonchev–Trinajstić information content (AvgIpc) is 2.56. The number of hydrogen-bond donors (Lipinski definition) is 1. The van der Waals surface area contributed by atoms with Gasteiger partial charge in [-0.1, -0.05) is 12.1 Å². The quantitative estimate of drug-likeness (QED) is 0.873. The molecule has 1 N–H and O–H groups in total. The van der Waals surface area contributed by atoms with Gasteiger partial charge in [-0.05, 0) is 48.1 Å². The van der Waals surface area contributed by atoms with E-state index in [0.717, 1.165) is 42.0 Å². The van der Waals surface area contributed by atoms with E-state index in [2.05, 4.69) is 43.2 Å². The van der Waals surface area contributed by atoms with E-state index in [0.29, 0.717) is 11.6 Å². The van der Waals surface area contributed by atoms with Gasteiger partial charge in [0.05, 0.1) is 5.69 Å². The van der Waals surface area contributed by atoms with Crippen LogP contribution in [0.2, 0.25) is 0 Å². The number of benzene rings is 1. The lowest BCUT2D eigenvalue weighted by molar-refractivity contribution is 0.0658. The van der Waals surface area contributed by atoms with Crippen LogP contribution in [0.1, 0.15) is 16.2 Å². The van der Waals surface area contributed by atoms with Crippen LogP contribution in [-0.2, 0) is 0 Å². The minimum absolute atomic E-state index is 0.0382. The molecule has 0 spiro atoms. The third-order valence-corrected chi connectivity index (χ3v) is 4.68. The van der Waals surface area contributed by atoms with Gasteiger partial charge in [-0.25, -0.2) is 9.97 Å². The average molecular weight is 390 g/mol. The summed E-state index contributed by atoms with van der Waals surface area (Å²) in [7, 11) is 2.07. The van der Waals surface area contributed by atoms with E-state index < -0.39 is 0 Å². The minimum Gasteiger partial charge on any atom is -0.335 e. The monoisotopic (exact) mass is 389 g/mol. The van der Waals surface area contributed by atoms with Crippen LogP contribution < -0.4 is 5.32 Å². The number of piperazine rings is 1. The second-order valence-corrected chi connectivity index (χ2v) is 6.77. The molecule has 0 bridgehead atoms. The first kappa shape index (κ1) is 16.9. The molecule has 0 aliphatic carbocycles. The summed E-state index contributed by atoms with van der Waals surface area (Å²) in [5.41, 5.74) is 2.06. The number of nitrogens with zero attached hydrogens (tertiary/aromatic N) is 4. The molecule has 2 aromatic rings. The molecular weight excluding hydrogens is 370 g/mol. The standard InChI is InChI=1S/C17H20BrN5O/c1-12-11-15(16(24)23-9-7-22(2)8-10-23)21-17(19-12)20-14-6-4-3-5-13(14)18/h3-6,11H,7-10H2,1-2H3,(H,19,20,21). The van der Waals surface area contributed by atoms with Crippen molar-refractivity contribution < 1.29 is 4.79 Å². The number of amides is 1. The summed E-state index contributed by atoms with van der Waals surface area (Å²) in [6.45, 7) is 5.10. The lowest BCUT2D eigenvalue weighted by Gasteiger charge is -2.32. The van der Waals surface area contributed by atoms with E-state index in [9.17, 15) is 4.79 Å². The zero-order valence-corrected chi connectivity index (χ0v) is 15.4. The summed E-state index contributed by atoms with van der Waals surface area (Å²) >= 11 is 3.49. The third kappa shape index (κ3) is 3.91. The van der Waals surface area contributed by atoms with Gasteiger partial charge in [-0.15, -0.1) is 0 Å². The van der Waals surface area contributed by atoms with Gasteiger partial charge in [-0.2, -0.15) is 0 Å². The smallest absolute Gasteiger partial charge is 0.272 e. The fourth-order valence-corrected chi connectivity index (χ4v) is 2.97. The van der Waals surface area contributed by atoms with E-state index in [1.165, 1.54) is 0 Å². The predicted molar refractivity (Wildman–Crippen MR) is 97.6 cm³/mol. The maximum Gasteiger partial charge on any atom is 0.272 e. The van der Waals surface area contributed by atoms with Gasteiger partial charge in [0, 0.05) is 36.3 Å². The molecule has 1 aliphatic heterocycles. The van der Waals surface area contributed by atoms with E-state index >= 15 is 0 Å². The van der Waals surface area contributed by atoms with E-state index in [1.54, 1.807) is 6.07 Å². The molecule has 126 valence electrons. The van der Waals surface area contributed by atoms with Crippen LogP contribution in [0.3, 0.4) is 0 Å². The molecule has 0 unspecified atom stereocenters. The van der Waals surface area contributed by atoms with E-state index in [1.807, 2.05) is 36.1 Å². The lowest BCUT2D eigenvalue weighted by atomic mass is 10.2. The second kappa shape index (κ2) is 7.27. The predicted octanol–water partition coefficient (Wildman–Crippen LogP) is 2.68. The van der Waals surface area contributed by atoms with Gasteiger partial charge >= 0.3 is 0 Å². The number of aryl methyl sites for hydroxylation is 1. The number of para-hydroxylation sites is 1. The van der Waals surface area contributed by atoms with Gasteiger partial charge in [0.15, 0.2) is 0 Å². The highest BCUT2D eigenvalue weighted by atomic mass is 79.9. The maximum absolute atomic E-state index is 12.7. The maximum atomic E-state index is 12.7. The SMILES string of the molecule is Cc1cc(C(=O)N2CCN(C)CC2)nc(Nc2ccccc2Br)n1. The fraction of sp³-hybridized carbons (Fsp3) is 0.353. The summed E-state index contributed by atoms with van der Waals surface area (Å²) in [5, 5.41) is 3.17. The molecule has 1 aliphatic rings. The molecule has 0 saturated carbocycles. The van der Waals surface area contributed by atoms with Crippen LogP contribution >= 0.6 is 15.9 Å². The van der Waals surface area contributed by atoms with Gasteiger partial charge in [-0.3, -0.25) is 4.79 Å². The first-order chi connectivity index (χ1) is 11.5. The van der Waals surface area contributed by atoms with Crippen LogP contribution in [0.25, 0.3) is 0 Å². The minimum atomic E-state index is -0.0382. The van der Waals surface area contributed by atoms with Crippen LogP contribution in [0.4, 0.5) is 11.6 Å². The van der Waals surface area contributed by atoms with Crippen molar-refractivity contribution in [3.63, 3.8) is 0 Å². The first-order valence-corrected chi connectivity index (χ1v) is 8.67. The highest BCUT2D eigenvalue weighted by molar-refractivity contribution is 9.10. The van der Waals surface area contributed by atoms with Crippen molar-refractivity contribution >= 4 is 33.5 Å². The molecule has 1 saturated heterocycles. The summed E-state index contributed by atoms with van der Waals surface area (Å²) in [5.74, 6) is 0.392. The third-order valence-electron chi connectivity index (χ3n) is 3.98. The molecule has 0 radical (unpaired) electrons. The Balaban J connectivity index is 1.81. The molecule has 2 heterocycles. The number of rotatable bonds is 3. The number of aromatic nitrogens is 2. The number of halogens is 1. The van der Waals surface area contributed by atoms with E-state index in [4.69, 9.17) is 0 Å². The zero-order valence-electron chi connectivity index (χ0n) is 13.8. The normalized spacial score (nSPS) is 15.4. The molecule has 1 amide bonds. The molecule has 7 heteroatoms. The van der Waals surface area contributed by atoms with Crippen LogP contribution in [-0.4, -0.2) is 58.9 Å². The topological polar surface area (TPSA) is 61.4 Å².